The lowest BCUT2D eigenvalue weighted by atomic mass is 9.39. The summed E-state index contributed by atoms with van der Waals surface area (Å²) in [6, 6.07) is 0. The first-order chi connectivity index (χ1) is 13.4. The van der Waals surface area contributed by atoms with Crippen LogP contribution in [0.2, 0.25) is 0 Å². The molecule has 0 aromatic rings. The van der Waals surface area contributed by atoms with Gasteiger partial charge in [0.25, 0.3) is 0 Å². The molecule has 3 N–H and O–H groups in total. The lowest BCUT2D eigenvalue weighted by Gasteiger charge is -2.65. The molecule has 2 heteroatoms. The van der Waals surface area contributed by atoms with Gasteiger partial charge in [0.1, 0.15) is 0 Å². The Morgan fingerprint density at radius 1 is 0.931 bits per heavy atom. The average molecular weight is 399 g/mol. The number of nitrogens with two attached hydrogens (primary N) is 1. The molecule has 4 aliphatic carbocycles. The fraction of sp³-hybridized carbons (Fsp3) is 0.889. The molecule has 0 aliphatic heterocycles. The Balaban J connectivity index is 1.80. The highest BCUT2D eigenvalue weighted by atomic mass is 14.7. The molecule has 29 heavy (non-hydrogen) atoms. The van der Waals surface area contributed by atoms with Gasteiger partial charge in [0.15, 0.2) is 0 Å². The van der Waals surface area contributed by atoms with E-state index in [0.29, 0.717) is 39.4 Å². The Hall–Kier alpha value is -0.790. The summed E-state index contributed by atoms with van der Waals surface area (Å²) >= 11 is 0. The summed E-state index contributed by atoms with van der Waals surface area (Å²) in [5.74, 6) is 2.46. The smallest absolute Gasteiger partial charge is 0.0120 e. The van der Waals surface area contributed by atoms with Crippen LogP contribution in [-0.2, 0) is 0 Å². The lowest BCUT2D eigenvalue weighted by Crippen LogP contribution is -2.59. The van der Waals surface area contributed by atoms with Crippen molar-refractivity contribution < 1.29 is 0 Å². The molecular weight excluding hydrogens is 352 g/mol. The zero-order valence-corrected chi connectivity index (χ0v) is 20.0. The average Bonchev–Trinajstić information content (AvgIpc) is 2.66. The van der Waals surface area contributed by atoms with Crippen molar-refractivity contribution in [1.29, 1.82) is 5.41 Å². The third-order valence-electron chi connectivity index (χ3n) is 10.4. The van der Waals surface area contributed by atoms with Gasteiger partial charge in [0, 0.05) is 17.3 Å². The van der Waals surface area contributed by atoms with Gasteiger partial charge < -0.3 is 11.1 Å². The number of allylic oxidation sites excluding steroid dienone is 2. The van der Waals surface area contributed by atoms with Crippen LogP contribution in [-0.4, -0.2) is 5.71 Å². The predicted molar refractivity (Wildman–Crippen MR) is 124 cm³/mol. The van der Waals surface area contributed by atoms with Crippen molar-refractivity contribution in [1.82, 2.24) is 0 Å². The van der Waals surface area contributed by atoms with E-state index in [2.05, 4.69) is 47.6 Å². The second-order valence-corrected chi connectivity index (χ2v) is 13.3. The maximum atomic E-state index is 8.52. The summed E-state index contributed by atoms with van der Waals surface area (Å²) < 4.78 is 0. The summed E-state index contributed by atoms with van der Waals surface area (Å²) in [5, 5.41) is 8.52. The monoisotopic (exact) mass is 398 g/mol. The molecule has 0 bridgehead atoms. The molecule has 164 valence electrons. The van der Waals surface area contributed by atoms with Crippen LogP contribution < -0.4 is 5.73 Å². The van der Waals surface area contributed by atoms with E-state index in [1.807, 2.05) is 0 Å². The first-order valence-corrected chi connectivity index (χ1v) is 12.4. The van der Waals surface area contributed by atoms with Gasteiger partial charge in [0.2, 0.25) is 0 Å². The highest BCUT2D eigenvalue weighted by Gasteiger charge is 2.62. The maximum Gasteiger partial charge on any atom is 0.0120 e. The van der Waals surface area contributed by atoms with Crippen molar-refractivity contribution in [3.63, 3.8) is 0 Å². The van der Waals surface area contributed by atoms with Crippen LogP contribution in [0.15, 0.2) is 11.8 Å². The number of nitrogens with one attached hydrogen (secondary N) is 1. The number of hydrogen-bond acceptors (Lipinski definition) is 2. The molecule has 4 rings (SSSR count). The third kappa shape index (κ3) is 3.41. The van der Waals surface area contributed by atoms with Crippen molar-refractivity contribution in [2.24, 2.45) is 51.1 Å². The minimum Gasteiger partial charge on any atom is -0.402 e. The molecule has 6 atom stereocenters. The van der Waals surface area contributed by atoms with Gasteiger partial charge in [-0.25, -0.2) is 0 Å². The van der Waals surface area contributed by atoms with E-state index >= 15 is 0 Å². The second kappa shape index (κ2) is 6.86. The van der Waals surface area contributed by atoms with Gasteiger partial charge in [0.05, 0.1) is 0 Å². The number of hydrogen-bond donors (Lipinski definition) is 2. The molecule has 0 amide bonds. The van der Waals surface area contributed by atoms with Crippen molar-refractivity contribution >= 4 is 5.71 Å². The number of rotatable bonds is 0. The Bertz CT molecular complexity index is 701. The van der Waals surface area contributed by atoms with Crippen LogP contribution in [0.5, 0.6) is 0 Å². The van der Waals surface area contributed by atoms with E-state index in [1.165, 1.54) is 63.5 Å². The first-order valence-electron chi connectivity index (χ1n) is 12.4. The molecule has 6 unspecified atom stereocenters. The van der Waals surface area contributed by atoms with Crippen LogP contribution in [0.25, 0.3) is 0 Å². The van der Waals surface area contributed by atoms with E-state index < -0.39 is 0 Å². The molecule has 0 radical (unpaired) electrons. The Morgan fingerprint density at radius 3 is 2.34 bits per heavy atom. The molecule has 0 heterocycles. The van der Waals surface area contributed by atoms with Gasteiger partial charge in [-0.15, -0.1) is 0 Å². The molecular formula is C27H46N2. The molecule has 0 aromatic carbocycles. The molecule has 3 fully saturated rings. The van der Waals surface area contributed by atoms with Crippen LogP contribution >= 0.6 is 0 Å². The minimum absolute atomic E-state index is 0.368. The van der Waals surface area contributed by atoms with Crippen molar-refractivity contribution in [2.75, 3.05) is 0 Å². The standard InChI is InChI=1S/C27H46N2/c1-18-19-10-14-27-17-25(4,5)16-15-24(2,3)12-9-20(27)22(29)7-8-23(27)26(19,6)13-11-21(18)28/h7,18-20,23,28H,8-17,29H2,1-6H3. The molecule has 0 aromatic heterocycles. The molecule has 4 aliphatic rings. The van der Waals surface area contributed by atoms with E-state index in [0.717, 1.165) is 18.1 Å². The zero-order chi connectivity index (χ0) is 21.2. The van der Waals surface area contributed by atoms with E-state index in [1.54, 1.807) is 0 Å². The molecule has 1 spiro atoms. The molecule has 0 saturated heterocycles. The van der Waals surface area contributed by atoms with Gasteiger partial charge >= 0.3 is 0 Å². The van der Waals surface area contributed by atoms with E-state index in [4.69, 9.17) is 11.1 Å². The highest BCUT2D eigenvalue weighted by molar-refractivity contribution is 5.84. The summed E-state index contributed by atoms with van der Waals surface area (Å²) in [4.78, 5) is 0. The lowest BCUT2D eigenvalue weighted by molar-refractivity contribution is -0.131. The Kier molecular flexibility index (Phi) is 5.07. The quantitative estimate of drug-likeness (QED) is 0.441. The van der Waals surface area contributed by atoms with Gasteiger partial charge in [-0.2, -0.15) is 0 Å². The Morgan fingerprint density at radius 2 is 1.62 bits per heavy atom. The van der Waals surface area contributed by atoms with Crippen molar-refractivity contribution in [2.45, 2.75) is 106 Å². The van der Waals surface area contributed by atoms with Gasteiger partial charge in [-0.3, -0.25) is 0 Å². The largest absolute Gasteiger partial charge is 0.402 e. The maximum absolute atomic E-state index is 8.52. The third-order valence-corrected chi connectivity index (χ3v) is 10.4. The fourth-order valence-electron chi connectivity index (χ4n) is 8.65. The van der Waals surface area contributed by atoms with Crippen LogP contribution in [0.3, 0.4) is 0 Å². The van der Waals surface area contributed by atoms with Crippen molar-refractivity contribution in [3.8, 4) is 0 Å². The SMILES string of the molecule is CC1C(=N)CCC2(C)C1CCC13CC(C)(C)CCC(C)(C)CCC1C(N)=CCC23. The van der Waals surface area contributed by atoms with Crippen LogP contribution in [0, 0.1) is 50.7 Å². The normalized spacial score (nSPS) is 46.8. The van der Waals surface area contributed by atoms with Crippen molar-refractivity contribution in [3.05, 3.63) is 11.8 Å². The fourth-order valence-corrected chi connectivity index (χ4v) is 8.65. The zero-order valence-electron chi connectivity index (χ0n) is 20.0. The summed E-state index contributed by atoms with van der Waals surface area (Å²) in [6.07, 6.45) is 15.1. The summed E-state index contributed by atoms with van der Waals surface area (Å²) in [6.45, 7) is 15.0. The molecule has 2 nitrogen and oxygen atoms in total. The molecule has 3 saturated carbocycles. The topological polar surface area (TPSA) is 49.9 Å². The summed E-state index contributed by atoms with van der Waals surface area (Å²) in [5.41, 5.74) is 10.6. The summed E-state index contributed by atoms with van der Waals surface area (Å²) in [7, 11) is 0. The second-order valence-electron chi connectivity index (χ2n) is 13.3. The van der Waals surface area contributed by atoms with E-state index in [-0.39, 0.29) is 0 Å². The van der Waals surface area contributed by atoms with E-state index in [9.17, 15) is 0 Å². The Labute approximate surface area is 180 Å². The first kappa shape index (κ1) is 21.4. The van der Waals surface area contributed by atoms with Gasteiger partial charge in [-0.05, 0) is 104 Å². The highest BCUT2D eigenvalue weighted by Crippen LogP contribution is 2.69. The van der Waals surface area contributed by atoms with Gasteiger partial charge in [-0.1, -0.05) is 47.6 Å². The van der Waals surface area contributed by atoms with Crippen LogP contribution in [0.4, 0.5) is 0 Å². The van der Waals surface area contributed by atoms with Crippen LogP contribution in [0.1, 0.15) is 106 Å². The number of fused-ring (bicyclic) bond motifs is 2. The minimum atomic E-state index is 0.368. The predicted octanol–water partition coefficient (Wildman–Crippen LogP) is 7.33.